The number of piperazine rings is 1. The van der Waals surface area contributed by atoms with E-state index in [1.165, 1.54) is 0 Å². The van der Waals surface area contributed by atoms with E-state index in [0.29, 0.717) is 36.7 Å². The number of carboxylic acids is 1. The summed E-state index contributed by atoms with van der Waals surface area (Å²) < 4.78 is 0. The molecule has 0 atom stereocenters. The van der Waals surface area contributed by atoms with Crippen molar-refractivity contribution in [3.8, 4) is 0 Å². The van der Waals surface area contributed by atoms with Crippen molar-refractivity contribution in [1.82, 2.24) is 15.3 Å². The fraction of sp³-hybridized carbons (Fsp3) is 0.500. The zero-order chi connectivity index (χ0) is 14.0. The molecule has 0 saturated carbocycles. The SMILES string of the molecule is CCc1c(C)nc(N2CCNC(=O)C2)nc1C(=O)O. The molecular weight excluding hydrogens is 248 g/mol. The van der Waals surface area contributed by atoms with Crippen LogP contribution in [0.2, 0.25) is 0 Å². The molecule has 1 aliphatic rings. The third kappa shape index (κ3) is 2.64. The van der Waals surface area contributed by atoms with Crippen molar-refractivity contribution in [2.45, 2.75) is 20.3 Å². The first kappa shape index (κ1) is 13.3. The fourth-order valence-corrected chi connectivity index (χ4v) is 2.13. The van der Waals surface area contributed by atoms with Crippen LogP contribution in [0.25, 0.3) is 0 Å². The van der Waals surface area contributed by atoms with Gasteiger partial charge in [-0.05, 0) is 13.3 Å². The normalized spacial score (nSPS) is 15.3. The van der Waals surface area contributed by atoms with Crippen LogP contribution in [0, 0.1) is 6.92 Å². The van der Waals surface area contributed by atoms with Crippen molar-refractivity contribution in [2.75, 3.05) is 24.5 Å². The number of rotatable bonds is 3. The van der Waals surface area contributed by atoms with Gasteiger partial charge in [-0.3, -0.25) is 4.79 Å². The molecular formula is C12H16N4O3. The van der Waals surface area contributed by atoms with E-state index < -0.39 is 5.97 Å². The maximum Gasteiger partial charge on any atom is 0.354 e. The van der Waals surface area contributed by atoms with Crippen LogP contribution in [0.15, 0.2) is 0 Å². The van der Waals surface area contributed by atoms with E-state index in [-0.39, 0.29) is 18.1 Å². The zero-order valence-corrected chi connectivity index (χ0v) is 10.9. The molecule has 2 N–H and O–H groups in total. The minimum atomic E-state index is -1.06. The fourth-order valence-electron chi connectivity index (χ4n) is 2.13. The maximum atomic E-state index is 11.3. The number of aryl methyl sites for hydroxylation is 1. The van der Waals surface area contributed by atoms with Gasteiger partial charge in [0.15, 0.2) is 5.69 Å². The summed E-state index contributed by atoms with van der Waals surface area (Å²) in [4.78, 5) is 32.7. The number of carboxylic acid groups (broad SMARTS) is 1. The van der Waals surface area contributed by atoms with E-state index in [1.807, 2.05) is 6.92 Å². The van der Waals surface area contributed by atoms with Crippen LogP contribution in [0.1, 0.15) is 28.7 Å². The van der Waals surface area contributed by atoms with E-state index in [4.69, 9.17) is 0 Å². The molecule has 0 radical (unpaired) electrons. The van der Waals surface area contributed by atoms with Gasteiger partial charge in [0.05, 0.1) is 6.54 Å². The molecule has 7 nitrogen and oxygen atoms in total. The van der Waals surface area contributed by atoms with Gasteiger partial charge in [0.25, 0.3) is 0 Å². The second kappa shape index (κ2) is 5.21. The van der Waals surface area contributed by atoms with Crippen LogP contribution in [0.4, 0.5) is 5.95 Å². The van der Waals surface area contributed by atoms with Gasteiger partial charge in [0.1, 0.15) is 0 Å². The number of nitrogens with zero attached hydrogens (tertiary/aromatic N) is 3. The Labute approximate surface area is 110 Å². The number of amides is 1. The Bertz CT molecular complexity index is 530. The van der Waals surface area contributed by atoms with Crippen molar-refractivity contribution in [3.05, 3.63) is 17.0 Å². The van der Waals surface area contributed by atoms with Gasteiger partial charge < -0.3 is 15.3 Å². The molecule has 1 aromatic rings. The van der Waals surface area contributed by atoms with Crippen LogP contribution < -0.4 is 10.2 Å². The Morgan fingerprint density at radius 3 is 2.79 bits per heavy atom. The first-order valence-electron chi connectivity index (χ1n) is 6.15. The zero-order valence-electron chi connectivity index (χ0n) is 10.9. The van der Waals surface area contributed by atoms with Gasteiger partial charge in [0.2, 0.25) is 11.9 Å². The Morgan fingerprint density at radius 2 is 2.21 bits per heavy atom. The molecule has 7 heteroatoms. The summed E-state index contributed by atoms with van der Waals surface area (Å²) in [6.07, 6.45) is 0.564. The predicted octanol–water partition coefficient (Wildman–Crippen LogP) is -0.0182. The number of hydrogen-bond donors (Lipinski definition) is 2. The third-order valence-corrected chi connectivity index (χ3v) is 3.08. The number of hydrogen-bond acceptors (Lipinski definition) is 5. The van der Waals surface area contributed by atoms with Gasteiger partial charge in [-0.2, -0.15) is 0 Å². The lowest BCUT2D eigenvalue weighted by molar-refractivity contribution is -0.120. The minimum Gasteiger partial charge on any atom is -0.476 e. The quantitative estimate of drug-likeness (QED) is 0.796. The van der Waals surface area contributed by atoms with Crippen molar-refractivity contribution in [1.29, 1.82) is 0 Å². The Kier molecular flexibility index (Phi) is 3.64. The number of aromatic carboxylic acids is 1. The first-order valence-corrected chi connectivity index (χ1v) is 6.15. The van der Waals surface area contributed by atoms with Gasteiger partial charge in [-0.1, -0.05) is 6.92 Å². The second-order valence-electron chi connectivity index (χ2n) is 4.37. The monoisotopic (exact) mass is 264 g/mol. The highest BCUT2D eigenvalue weighted by molar-refractivity contribution is 5.88. The highest BCUT2D eigenvalue weighted by Crippen LogP contribution is 2.17. The summed E-state index contributed by atoms with van der Waals surface area (Å²) >= 11 is 0. The Morgan fingerprint density at radius 1 is 1.47 bits per heavy atom. The molecule has 0 aliphatic carbocycles. The molecule has 2 rings (SSSR count). The average molecular weight is 264 g/mol. The lowest BCUT2D eigenvalue weighted by Crippen LogP contribution is -2.48. The van der Waals surface area contributed by atoms with Gasteiger partial charge >= 0.3 is 5.97 Å². The van der Waals surface area contributed by atoms with E-state index in [9.17, 15) is 14.7 Å². The van der Waals surface area contributed by atoms with Gasteiger partial charge in [-0.15, -0.1) is 0 Å². The van der Waals surface area contributed by atoms with Gasteiger partial charge in [0, 0.05) is 24.3 Å². The van der Waals surface area contributed by atoms with Crippen molar-refractivity contribution in [2.24, 2.45) is 0 Å². The average Bonchev–Trinajstić information content (AvgIpc) is 2.37. The number of carbonyl (C=O) groups is 2. The molecule has 0 unspecified atom stereocenters. The minimum absolute atomic E-state index is 0.0241. The molecule has 1 fully saturated rings. The lowest BCUT2D eigenvalue weighted by atomic mass is 10.1. The molecule has 2 heterocycles. The van der Waals surface area contributed by atoms with Crippen molar-refractivity contribution < 1.29 is 14.7 Å². The van der Waals surface area contributed by atoms with Crippen LogP contribution in [0.3, 0.4) is 0 Å². The molecule has 1 aliphatic heterocycles. The van der Waals surface area contributed by atoms with E-state index in [1.54, 1.807) is 11.8 Å². The van der Waals surface area contributed by atoms with Crippen molar-refractivity contribution >= 4 is 17.8 Å². The number of anilines is 1. The molecule has 0 bridgehead atoms. The number of carbonyl (C=O) groups excluding carboxylic acids is 1. The summed E-state index contributed by atoms with van der Waals surface area (Å²) in [5.41, 5.74) is 1.31. The predicted molar refractivity (Wildman–Crippen MR) is 68.3 cm³/mol. The Balaban J connectivity index is 2.41. The number of nitrogens with one attached hydrogen (secondary N) is 1. The molecule has 1 amide bonds. The molecule has 1 saturated heterocycles. The molecule has 1 aromatic heterocycles. The third-order valence-electron chi connectivity index (χ3n) is 3.08. The molecule has 102 valence electrons. The number of aromatic nitrogens is 2. The van der Waals surface area contributed by atoms with E-state index >= 15 is 0 Å². The van der Waals surface area contributed by atoms with Crippen LogP contribution in [0.5, 0.6) is 0 Å². The summed E-state index contributed by atoms with van der Waals surface area (Å²) in [5.74, 6) is -0.865. The smallest absolute Gasteiger partial charge is 0.354 e. The first-order chi connectivity index (χ1) is 9.02. The summed E-state index contributed by atoms with van der Waals surface area (Å²) in [6, 6.07) is 0. The van der Waals surface area contributed by atoms with E-state index in [0.717, 1.165) is 0 Å². The largest absolute Gasteiger partial charge is 0.476 e. The summed E-state index contributed by atoms with van der Waals surface area (Å²) in [6.45, 7) is 4.88. The lowest BCUT2D eigenvalue weighted by Gasteiger charge is -2.27. The highest BCUT2D eigenvalue weighted by atomic mass is 16.4. The van der Waals surface area contributed by atoms with Crippen LogP contribution in [-0.4, -0.2) is 46.6 Å². The summed E-state index contributed by atoms with van der Waals surface area (Å²) in [7, 11) is 0. The molecule has 0 aromatic carbocycles. The van der Waals surface area contributed by atoms with Crippen LogP contribution >= 0.6 is 0 Å². The summed E-state index contributed by atoms with van der Waals surface area (Å²) in [5, 5.41) is 11.9. The topological polar surface area (TPSA) is 95.4 Å². The molecule has 19 heavy (non-hydrogen) atoms. The molecule has 0 spiro atoms. The highest BCUT2D eigenvalue weighted by Gasteiger charge is 2.22. The second-order valence-corrected chi connectivity index (χ2v) is 4.37. The Hall–Kier alpha value is -2.18. The maximum absolute atomic E-state index is 11.3. The van der Waals surface area contributed by atoms with Gasteiger partial charge in [-0.25, -0.2) is 14.8 Å². The standard InChI is InChI=1S/C12H16N4O3/c1-3-8-7(2)14-12(15-10(8)11(18)19)16-5-4-13-9(17)6-16/h3-6H2,1-2H3,(H,13,17)(H,18,19). The van der Waals surface area contributed by atoms with E-state index in [2.05, 4.69) is 15.3 Å². The van der Waals surface area contributed by atoms with Crippen molar-refractivity contribution in [3.63, 3.8) is 0 Å². The van der Waals surface area contributed by atoms with Crippen LogP contribution in [-0.2, 0) is 11.2 Å².